The Balaban J connectivity index is 2.61. The second-order valence-corrected chi connectivity index (χ2v) is 3.33. The number of aliphatic hydroxyl groups excluding tert-OH is 1. The van der Waals surface area contributed by atoms with Gasteiger partial charge in [-0.15, -0.1) is 0 Å². The maximum absolute atomic E-state index is 10.9. The molecule has 1 N–H and O–H groups in total. The first-order valence-electron chi connectivity index (χ1n) is 3.94. The van der Waals surface area contributed by atoms with Gasteiger partial charge in [0.1, 0.15) is 0 Å². The molecule has 0 aliphatic carbocycles. The number of cyclic esters (lactones) is 1. The summed E-state index contributed by atoms with van der Waals surface area (Å²) in [6.45, 7) is 4.47. The summed E-state index contributed by atoms with van der Waals surface area (Å²) in [7, 11) is 0. The lowest BCUT2D eigenvalue weighted by Gasteiger charge is -2.15. The van der Waals surface area contributed by atoms with E-state index in [-0.39, 0.29) is 24.4 Å². The summed E-state index contributed by atoms with van der Waals surface area (Å²) in [4.78, 5) is 10.9. The van der Waals surface area contributed by atoms with Crippen LogP contribution in [0.15, 0.2) is 0 Å². The molecule has 3 nitrogen and oxygen atoms in total. The highest BCUT2D eigenvalue weighted by Gasteiger charge is 2.37. The molecule has 1 fully saturated rings. The van der Waals surface area contributed by atoms with E-state index in [4.69, 9.17) is 9.84 Å². The van der Waals surface area contributed by atoms with E-state index in [1.54, 1.807) is 0 Å². The molecule has 0 aromatic carbocycles. The van der Waals surface area contributed by atoms with E-state index in [2.05, 4.69) is 0 Å². The fraction of sp³-hybridized carbons (Fsp3) is 0.875. The molecule has 11 heavy (non-hydrogen) atoms. The number of carbonyl (C=O) groups is 1. The van der Waals surface area contributed by atoms with Crippen molar-refractivity contribution in [1.82, 2.24) is 0 Å². The fourth-order valence-corrected chi connectivity index (χ4v) is 1.44. The summed E-state index contributed by atoms with van der Waals surface area (Å²) < 4.78 is 4.83. The number of rotatable bonds is 2. The van der Waals surface area contributed by atoms with Crippen molar-refractivity contribution in [3.8, 4) is 0 Å². The van der Waals surface area contributed by atoms with Gasteiger partial charge in [0.05, 0.1) is 19.1 Å². The lowest BCUT2D eigenvalue weighted by molar-refractivity contribution is -0.142. The predicted molar refractivity (Wildman–Crippen MR) is 39.9 cm³/mol. The smallest absolute Gasteiger partial charge is 0.311 e. The van der Waals surface area contributed by atoms with Crippen LogP contribution in [0.1, 0.15) is 13.8 Å². The summed E-state index contributed by atoms with van der Waals surface area (Å²) in [5, 5.41) is 8.85. The molecule has 0 unspecified atom stereocenters. The molecular formula is C8H14O3. The van der Waals surface area contributed by atoms with E-state index in [0.29, 0.717) is 12.5 Å². The molecule has 0 spiro atoms. The van der Waals surface area contributed by atoms with Crippen LogP contribution in [0.3, 0.4) is 0 Å². The molecule has 1 heterocycles. The highest BCUT2D eigenvalue weighted by molar-refractivity contribution is 5.74. The van der Waals surface area contributed by atoms with E-state index in [1.807, 2.05) is 13.8 Å². The zero-order valence-electron chi connectivity index (χ0n) is 6.91. The van der Waals surface area contributed by atoms with Crippen LogP contribution < -0.4 is 0 Å². The number of esters is 1. The number of carbonyl (C=O) groups excluding carboxylic acids is 1. The van der Waals surface area contributed by atoms with Crippen molar-refractivity contribution in [2.45, 2.75) is 13.8 Å². The Bertz CT molecular complexity index is 153. The minimum absolute atomic E-state index is 0.0817. The Labute approximate surface area is 66.4 Å². The highest BCUT2D eigenvalue weighted by atomic mass is 16.5. The van der Waals surface area contributed by atoms with E-state index < -0.39 is 0 Å². The second kappa shape index (κ2) is 3.22. The summed E-state index contributed by atoms with van der Waals surface area (Å²) in [5.41, 5.74) is 0. The van der Waals surface area contributed by atoms with Crippen LogP contribution >= 0.6 is 0 Å². The van der Waals surface area contributed by atoms with Gasteiger partial charge in [-0.2, -0.15) is 0 Å². The SMILES string of the molecule is CC(C)[C@H]1COC(=O)[C@@H]1CO. The molecule has 1 rings (SSSR count). The summed E-state index contributed by atoms with van der Waals surface area (Å²) in [5.74, 6) is 0.0762. The molecule has 0 amide bonds. The van der Waals surface area contributed by atoms with Gasteiger partial charge in [0, 0.05) is 5.92 Å². The summed E-state index contributed by atoms with van der Waals surface area (Å²) in [6.07, 6.45) is 0. The third-order valence-electron chi connectivity index (χ3n) is 2.29. The largest absolute Gasteiger partial charge is 0.465 e. The van der Waals surface area contributed by atoms with Crippen LogP contribution in [-0.2, 0) is 9.53 Å². The minimum atomic E-state index is -0.282. The lowest BCUT2D eigenvalue weighted by Crippen LogP contribution is -2.23. The predicted octanol–water partition coefficient (Wildman–Crippen LogP) is 0.424. The van der Waals surface area contributed by atoms with Crippen molar-refractivity contribution in [3.05, 3.63) is 0 Å². The van der Waals surface area contributed by atoms with E-state index in [9.17, 15) is 4.79 Å². The Morgan fingerprint density at radius 3 is 2.73 bits per heavy atom. The molecule has 0 radical (unpaired) electrons. The molecule has 1 aliphatic rings. The lowest BCUT2D eigenvalue weighted by atomic mass is 9.86. The van der Waals surface area contributed by atoms with E-state index in [0.717, 1.165) is 0 Å². The van der Waals surface area contributed by atoms with Gasteiger partial charge >= 0.3 is 5.97 Å². The van der Waals surface area contributed by atoms with Gasteiger partial charge in [-0.1, -0.05) is 13.8 Å². The van der Waals surface area contributed by atoms with Crippen molar-refractivity contribution in [1.29, 1.82) is 0 Å². The average molecular weight is 158 g/mol. The molecular weight excluding hydrogens is 144 g/mol. The normalized spacial score (nSPS) is 31.1. The van der Waals surface area contributed by atoms with E-state index in [1.165, 1.54) is 0 Å². The topological polar surface area (TPSA) is 46.5 Å². The quantitative estimate of drug-likeness (QED) is 0.592. The number of hydrogen-bond donors (Lipinski definition) is 1. The molecule has 1 saturated heterocycles. The first kappa shape index (κ1) is 8.53. The van der Waals surface area contributed by atoms with Crippen LogP contribution in [0.4, 0.5) is 0 Å². The van der Waals surface area contributed by atoms with Crippen molar-refractivity contribution < 1.29 is 14.6 Å². The molecule has 2 atom stereocenters. The van der Waals surface area contributed by atoms with Gasteiger partial charge in [0.25, 0.3) is 0 Å². The first-order chi connectivity index (χ1) is 5.16. The van der Waals surface area contributed by atoms with Gasteiger partial charge in [-0.25, -0.2) is 0 Å². The number of ether oxygens (including phenoxy) is 1. The Hall–Kier alpha value is -0.570. The van der Waals surface area contributed by atoms with Crippen molar-refractivity contribution >= 4 is 5.97 Å². The molecule has 0 saturated carbocycles. The Kier molecular flexibility index (Phi) is 2.49. The van der Waals surface area contributed by atoms with Crippen LogP contribution in [0.25, 0.3) is 0 Å². The number of aliphatic hydroxyl groups is 1. The van der Waals surface area contributed by atoms with Crippen LogP contribution in [0, 0.1) is 17.8 Å². The maximum Gasteiger partial charge on any atom is 0.311 e. The third-order valence-corrected chi connectivity index (χ3v) is 2.29. The number of hydrogen-bond acceptors (Lipinski definition) is 3. The van der Waals surface area contributed by atoms with Crippen molar-refractivity contribution in [2.24, 2.45) is 17.8 Å². The van der Waals surface area contributed by atoms with Gasteiger partial charge in [-0.05, 0) is 5.92 Å². The zero-order valence-corrected chi connectivity index (χ0v) is 6.91. The van der Waals surface area contributed by atoms with Crippen molar-refractivity contribution in [3.63, 3.8) is 0 Å². The van der Waals surface area contributed by atoms with Gasteiger partial charge in [0.15, 0.2) is 0 Å². The van der Waals surface area contributed by atoms with Gasteiger partial charge in [0.2, 0.25) is 0 Å². The third kappa shape index (κ3) is 1.53. The molecule has 3 heteroatoms. The van der Waals surface area contributed by atoms with Gasteiger partial charge < -0.3 is 9.84 Å². The molecule has 64 valence electrons. The Morgan fingerprint density at radius 1 is 1.73 bits per heavy atom. The second-order valence-electron chi connectivity index (χ2n) is 3.33. The molecule has 1 aliphatic heterocycles. The molecule has 0 bridgehead atoms. The molecule has 0 aromatic rings. The molecule has 0 aromatic heterocycles. The van der Waals surface area contributed by atoms with Crippen LogP contribution in [0.5, 0.6) is 0 Å². The summed E-state index contributed by atoms with van der Waals surface area (Å²) >= 11 is 0. The zero-order chi connectivity index (χ0) is 8.43. The monoisotopic (exact) mass is 158 g/mol. The fourth-order valence-electron chi connectivity index (χ4n) is 1.44. The van der Waals surface area contributed by atoms with Crippen LogP contribution in [0.2, 0.25) is 0 Å². The maximum atomic E-state index is 10.9. The first-order valence-corrected chi connectivity index (χ1v) is 3.94. The summed E-state index contributed by atoms with van der Waals surface area (Å²) in [6, 6.07) is 0. The van der Waals surface area contributed by atoms with Crippen molar-refractivity contribution in [2.75, 3.05) is 13.2 Å². The standard InChI is InChI=1S/C8H14O3/c1-5(2)7-4-11-8(10)6(7)3-9/h5-7,9H,3-4H2,1-2H3/t6-,7-/m1/s1. The van der Waals surface area contributed by atoms with Crippen LogP contribution in [-0.4, -0.2) is 24.3 Å². The average Bonchev–Trinajstić information content (AvgIpc) is 2.30. The Morgan fingerprint density at radius 2 is 2.36 bits per heavy atom. The van der Waals surface area contributed by atoms with E-state index >= 15 is 0 Å². The minimum Gasteiger partial charge on any atom is -0.465 e. The highest BCUT2D eigenvalue weighted by Crippen LogP contribution is 2.27. The van der Waals surface area contributed by atoms with Gasteiger partial charge in [-0.3, -0.25) is 4.79 Å².